The molecule has 0 aromatic heterocycles. The SMILES string of the molecule is [CH2]CCOCOCC1(CC)COC1. The Morgan fingerprint density at radius 1 is 1.38 bits per heavy atom. The van der Waals surface area contributed by atoms with Crippen LogP contribution in [0, 0.1) is 12.3 Å². The summed E-state index contributed by atoms with van der Waals surface area (Å²) in [5.74, 6) is 0. The van der Waals surface area contributed by atoms with E-state index in [0.717, 1.165) is 32.7 Å². The molecule has 1 rings (SSSR count). The molecule has 13 heavy (non-hydrogen) atoms. The van der Waals surface area contributed by atoms with Gasteiger partial charge >= 0.3 is 0 Å². The fourth-order valence-corrected chi connectivity index (χ4v) is 1.26. The summed E-state index contributed by atoms with van der Waals surface area (Å²) in [6.07, 6.45) is 1.91. The van der Waals surface area contributed by atoms with Gasteiger partial charge in [0.15, 0.2) is 0 Å². The van der Waals surface area contributed by atoms with E-state index in [1.807, 2.05) is 0 Å². The molecule has 77 valence electrons. The first-order valence-corrected chi connectivity index (χ1v) is 4.85. The quantitative estimate of drug-likeness (QED) is 0.448. The molecule has 0 saturated carbocycles. The second-order valence-corrected chi connectivity index (χ2v) is 3.57. The van der Waals surface area contributed by atoms with Crippen molar-refractivity contribution in [3.63, 3.8) is 0 Å². The van der Waals surface area contributed by atoms with Crippen molar-refractivity contribution < 1.29 is 14.2 Å². The highest BCUT2D eigenvalue weighted by Gasteiger charge is 2.36. The third kappa shape index (κ3) is 3.25. The van der Waals surface area contributed by atoms with Gasteiger partial charge in [0.1, 0.15) is 6.79 Å². The van der Waals surface area contributed by atoms with Crippen LogP contribution < -0.4 is 0 Å². The summed E-state index contributed by atoms with van der Waals surface area (Å²) in [4.78, 5) is 0. The summed E-state index contributed by atoms with van der Waals surface area (Å²) in [7, 11) is 0. The second-order valence-electron chi connectivity index (χ2n) is 3.57. The normalized spacial score (nSPS) is 19.8. The Balaban J connectivity index is 1.98. The van der Waals surface area contributed by atoms with Gasteiger partial charge in [-0.25, -0.2) is 0 Å². The van der Waals surface area contributed by atoms with Crippen molar-refractivity contribution in [1.29, 1.82) is 0 Å². The van der Waals surface area contributed by atoms with Crippen molar-refractivity contribution in [1.82, 2.24) is 0 Å². The Morgan fingerprint density at radius 3 is 2.62 bits per heavy atom. The summed E-state index contributed by atoms with van der Waals surface area (Å²) < 4.78 is 15.7. The first kappa shape index (κ1) is 11.0. The topological polar surface area (TPSA) is 27.7 Å². The van der Waals surface area contributed by atoms with Gasteiger partial charge in [-0.2, -0.15) is 0 Å². The third-order valence-corrected chi connectivity index (χ3v) is 2.43. The summed E-state index contributed by atoms with van der Waals surface area (Å²) >= 11 is 0. The van der Waals surface area contributed by atoms with Crippen molar-refractivity contribution in [2.45, 2.75) is 19.8 Å². The van der Waals surface area contributed by atoms with Gasteiger partial charge in [-0.1, -0.05) is 13.8 Å². The second kappa shape index (κ2) is 5.58. The van der Waals surface area contributed by atoms with E-state index in [-0.39, 0.29) is 5.41 Å². The van der Waals surface area contributed by atoms with Gasteiger partial charge in [-0.15, -0.1) is 0 Å². The molecule has 0 bridgehead atoms. The van der Waals surface area contributed by atoms with Crippen LogP contribution in [0.25, 0.3) is 0 Å². The lowest BCUT2D eigenvalue weighted by atomic mass is 9.84. The van der Waals surface area contributed by atoms with Gasteiger partial charge in [0.25, 0.3) is 0 Å². The molecule has 0 aliphatic carbocycles. The average Bonchev–Trinajstić information content (AvgIpc) is 2.09. The lowest BCUT2D eigenvalue weighted by molar-refractivity contribution is -0.172. The molecular weight excluding hydrogens is 168 g/mol. The molecule has 0 spiro atoms. The van der Waals surface area contributed by atoms with Gasteiger partial charge in [0, 0.05) is 12.0 Å². The van der Waals surface area contributed by atoms with Crippen LogP contribution in [0.3, 0.4) is 0 Å². The summed E-state index contributed by atoms with van der Waals surface area (Å²) in [6, 6.07) is 0. The maximum absolute atomic E-state index is 5.40. The monoisotopic (exact) mass is 187 g/mol. The molecule has 0 N–H and O–H groups in total. The van der Waals surface area contributed by atoms with Crippen LogP contribution in [0.15, 0.2) is 0 Å². The molecule has 0 atom stereocenters. The van der Waals surface area contributed by atoms with E-state index >= 15 is 0 Å². The molecule has 0 aromatic rings. The molecule has 0 unspecified atom stereocenters. The molecule has 1 fully saturated rings. The Labute approximate surface area is 80.4 Å². The molecule has 1 heterocycles. The van der Waals surface area contributed by atoms with E-state index in [2.05, 4.69) is 13.8 Å². The van der Waals surface area contributed by atoms with E-state index < -0.39 is 0 Å². The summed E-state index contributed by atoms with van der Waals surface area (Å²) in [5, 5.41) is 0. The molecule has 1 radical (unpaired) electrons. The van der Waals surface area contributed by atoms with Crippen LogP contribution in [0.1, 0.15) is 19.8 Å². The molecule has 3 nitrogen and oxygen atoms in total. The van der Waals surface area contributed by atoms with Gasteiger partial charge in [0.2, 0.25) is 0 Å². The molecule has 1 aliphatic heterocycles. The van der Waals surface area contributed by atoms with Crippen molar-refractivity contribution in [3.8, 4) is 0 Å². The minimum atomic E-state index is 0.272. The Morgan fingerprint density at radius 2 is 2.15 bits per heavy atom. The van der Waals surface area contributed by atoms with E-state index in [9.17, 15) is 0 Å². The highest BCUT2D eigenvalue weighted by atomic mass is 16.7. The van der Waals surface area contributed by atoms with E-state index in [1.165, 1.54) is 0 Å². The van der Waals surface area contributed by atoms with Gasteiger partial charge < -0.3 is 14.2 Å². The zero-order chi connectivity index (χ0) is 9.57. The van der Waals surface area contributed by atoms with Crippen molar-refractivity contribution in [2.24, 2.45) is 5.41 Å². The van der Waals surface area contributed by atoms with Gasteiger partial charge in [-0.05, 0) is 12.8 Å². The van der Waals surface area contributed by atoms with Crippen LogP contribution in [-0.4, -0.2) is 33.2 Å². The standard InChI is InChI=1S/C10H19O3/c1-3-5-11-9-13-8-10(4-2)6-12-7-10/h1,3-9H2,2H3. The maximum Gasteiger partial charge on any atom is 0.146 e. The Bertz CT molecular complexity index is 127. The number of ether oxygens (including phenoxy) is 3. The molecule has 0 amide bonds. The largest absolute Gasteiger partial charge is 0.380 e. The van der Waals surface area contributed by atoms with Crippen LogP contribution >= 0.6 is 0 Å². The summed E-state index contributed by atoms with van der Waals surface area (Å²) in [5.41, 5.74) is 0.272. The lowest BCUT2D eigenvalue weighted by Gasteiger charge is -2.40. The average molecular weight is 187 g/mol. The fraction of sp³-hybridized carbons (Fsp3) is 0.900. The third-order valence-electron chi connectivity index (χ3n) is 2.43. The van der Waals surface area contributed by atoms with Crippen molar-refractivity contribution in [2.75, 3.05) is 33.2 Å². The van der Waals surface area contributed by atoms with Crippen LogP contribution in [0.2, 0.25) is 0 Å². The number of hydrogen-bond donors (Lipinski definition) is 0. The summed E-state index contributed by atoms with van der Waals surface area (Å²) in [6.45, 7) is 9.32. The number of rotatable bonds is 7. The minimum Gasteiger partial charge on any atom is -0.380 e. The zero-order valence-electron chi connectivity index (χ0n) is 8.38. The predicted molar refractivity (Wildman–Crippen MR) is 50.3 cm³/mol. The first-order valence-electron chi connectivity index (χ1n) is 4.85. The zero-order valence-corrected chi connectivity index (χ0v) is 8.38. The van der Waals surface area contributed by atoms with E-state index in [0.29, 0.717) is 13.4 Å². The molecule has 3 heteroatoms. The highest BCUT2D eigenvalue weighted by molar-refractivity contribution is 4.83. The molecular formula is C10H19O3. The van der Waals surface area contributed by atoms with Gasteiger partial charge in [-0.3, -0.25) is 0 Å². The maximum atomic E-state index is 5.40. The minimum absolute atomic E-state index is 0.272. The smallest absolute Gasteiger partial charge is 0.146 e. The van der Waals surface area contributed by atoms with Crippen LogP contribution in [0.5, 0.6) is 0 Å². The first-order chi connectivity index (χ1) is 6.33. The fourth-order valence-electron chi connectivity index (χ4n) is 1.26. The predicted octanol–water partition coefficient (Wildman–Crippen LogP) is 1.63. The van der Waals surface area contributed by atoms with Crippen molar-refractivity contribution >= 4 is 0 Å². The van der Waals surface area contributed by atoms with E-state index in [1.54, 1.807) is 0 Å². The van der Waals surface area contributed by atoms with Crippen molar-refractivity contribution in [3.05, 3.63) is 6.92 Å². The molecule has 1 aliphatic rings. The molecule has 1 saturated heterocycles. The lowest BCUT2D eigenvalue weighted by Crippen LogP contribution is -2.45. The number of hydrogen-bond acceptors (Lipinski definition) is 3. The van der Waals surface area contributed by atoms with E-state index in [4.69, 9.17) is 14.2 Å². The highest BCUT2D eigenvalue weighted by Crippen LogP contribution is 2.31. The Hall–Kier alpha value is -0.120. The van der Waals surface area contributed by atoms with Crippen LogP contribution in [0.4, 0.5) is 0 Å². The molecule has 0 aromatic carbocycles. The Kier molecular flexibility index (Phi) is 4.70. The van der Waals surface area contributed by atoms with Crippen LogP contribution in [-0.2, 0) is 14.2 Å². The van der Waals surface area contributed by atoms with Gasteiger partial charge in [0.05, 0.1) is 19.8 Å².